The monoisotopic (exact) mass is 224 g/mol. The highest BCUT2D eigenvalue weighted by molar-refractivity contribution is 5.95. The summed E-state index contributed by atoms with van der Waals surface area (Å²) in [4.78, 5) is 21.6. The van der Waals surface area contributed by atoms with Gasteiger partial charge in [-0.3, -0.25) is 0 Å². The molecular formula is C11H12O5. The first kappa shape index (κ1) is 12.0. The molecule has 5 heteroatoms. The summed E-state index contributed by atoms with van der Waals surface area (Å²) in [6.07, 6.45) is 0.750. The summed E-state index contributed by atoms with van der Waals surface area (Å²) < 4.78 is 5.21. The van der Waals surface area contributed by atoms with E-state index in [-0.39, 0.29) is 16.9 Å². The molecule has 0 aliphatic carbocycles. The van der Waals surface area contributed by atoms with E-state index in [2.05, 4.69) is 0 Å². The largest absolute Gasteiger partial charge is 0.493 e. The summed E-state index contributed by atoms with van der Waals surface area (Å²) in [6.45, 7) is 2.29. The Morgan fingerprint density at radius 2 is 1.94 bits per heavy atom. The fraction of sp³-hybridized carbons (Fsp3) is 0.273. The number of benzene rings is 1. The lowest BCUT2D eigenvalue weighted by Crippen LogP contribution is -2.06. The molecule has 0 aliphatic heterocycles. The summed E-state index contributed by atoms with van der Waals surface area (Å²) in [5.41, 5.74) is -0.199. The third-order valence-corrected chi connectivity index (χ3v) is 1.92. The van der Waals surface area contributed by atoms with Crippen LogP contribution in [0.15, 0.2) is 18.2 Å². The number of hydrogen-bond acceptors (Lipinski definition) is 3. The highest BCUT2D eigenvalue weighted by Crippen LogP contribution is 2.20. The molecule has 0 bridgehead atoms. The van der Waals surface area contributed by atoms with E-state index < -0.39 is 11.9 Å². The van der Waals surface area contributed by atoms with Gasteiger partial charge in [0.2, 0.25) is 0 Å². The van der Waals surface area contributed by atoms with Gasteiger partial charge >= 0.3 is 11.9 Å². The van der Waals surface area contributed by atoms with Crippen LogP contribution >= 0.6 is 0 Å². The van der Waals surface area contributed by atoms with E-state index in [9.17, 15) is 9.59 Å². The molecule has 0 spiro atoms. The van der Waals surface area contributed by atoms with Crippen LogP contribution in [0.2, 0.25) is 0 Å². The van der Waals surface area contributed by atoms with Gasteiger partial charge in [0.1, 0.15) is 11.3 Å². The Morgan fingerprint density at radius 3 is 2.44 bits per heavy atom. The van der Waals surface area contributed by atoms with Crippen molar-refractivity contribution in [2.75, 3.05) is 6.61 Å². The summed E-state index contributed by atoms with van der Waals surface area (Å²) in [5.74, 6) is -2.17. The van der Waals surface area contributed by atoms with E-state index in [0.717, 1.165) is 12.5 Å². The first-order valence-corrected chi connectivity index (χ1v) is 4.79. The fourth-order valence-electron chi connectivity index (χ4n) is 1.17. The lowest BCUT2D eigenvalue weighted by atomic mass is 10.1. The van der Waals surface area contributed by atoms with Gasteiger partial charge in [0, 0.05) is 0 Å². The highest BCUT2D eigenvalue weighted by Gasteiger charge is 2.14. The quantitative estimate of drug-likeness (QED) is 0.797. The second kappa shape index (κ2) is 5.16. The van der Waals surface area contributed by atoms with Crippen LogP contribution in [0.1, 0.15) is 34.1 Å². The number of carboxylic acids is 2. The molecule has 0 fully saturated rings. The first-order chi connectivity index (χ1) is 7.56. The van der Waals surface area contributed by atoms with E-state index >= 15 is 0 Å². The van der Waals surface area contributed by atoms with Crippen LogP contribution in [0, 0.1) is 0 Å². The predicted octanol–water partition coefficient (Wildman–Crippen LogP) is 1.87. The van der Waals surface area contributed by atoms with Crippen molar-refractivity contribution in [1.82, 2.24) is 0 Å². The Hall–Kier alpha value is -2.04. The first-order valence-electron chi connectivity index (χ1n) is 4.79. The lowest BCUT2D eigenvalue weighted by molar-refractivity contribution is 0.0692. The number of carbonyl (C=O) groups is 2. The standard InChI is InChI=1S/C11H12O5/c1-2-5-16-9-4-3-7(10(12)13)6-8(9)11(14)15/h3-4,6H,2,5H2,1H3,(H,12,13)(H,14,15). The molecule has 1 aromatic rings. The van der Waals surface area contributed by atoms with Gasteiger partial charge in [-0.1, -0.05) is 6.92 Å². The number of aromatic carboxylic acids is 2. The number of rotatable bonds is 5. The van der Waals surface area contributed by atoms with Crippen LogP contribution in [-0.4, -0.2) is 28.8 Å². The zero-order chi connectivity index (χ0) is 12.1. The van der Waals surface area contributed by atoms with Crippen molar-refractivity contribution in [3.8, 4) is 5.75 Å². The third kappa shape index (κ3) is 2.73. The maximum atomic E-state index is 10.9. The molecule has 0 saturated carbocycles. The zero-order valence-electron chi connectivity index (χ0n) is 8.77. The van der Waals surface area contributed by atoms with Crippen molar-refractivity contribution in [3.63, 3.8) is 0 Å². The summed E-state index contributed by atoms with van der Waals surface area (Å²) in [7, 11) is 0. The van der Waals surface area contributed by atoms with Crippen LogP contribution in [0.5, 0.6) is 5.75 Å². The Labute approximate surface area is 92.3 Å². The second-order valence-electron chi connectivity index (χ2n) is 3.17. The molecule has 5 nitrogen and oxygen atoms in total. The van der Waals surface area contributed by atoms with Gasteiger partial charge in [0.25, 0.3) is 0 Å². The predicted molar refractivity (Wildman–Crippen MR) is 56.1 cm³/mol. The number of carboxylic acid groups (broad SMARTS) is 2. The number of ether oxygens (including phenoxy) is 1. The van der Waals surface area contributed by atoms with Gasteiger partial charge in [-0.25, -0.2) is 9.59 Å². The van der Waals surface area contributed by atoms with Crippen molar-refractivity contribution >= 4 is 11.9 Å². The van der Waals surface area contributed by atoms with Gasteiger partial charge in [-0.05, 0) is 24.6 Å². The molecule has 0 aromatic heterocycles. The molecule has 2 N–H and O–H groups in total. The molecule has 0 radical (unpaired) electrons. The van der Waals surface area contributed by atoms with E-state index in [1.165, 1.54) is 12.1 Å². The van der Waals surface area contributed by atoms with Crippen LogP contribution in [-0.2, 0) is 0 Å². The Balaban J connectivity index is 3.09. The fourth-order valence-corrected chi connectivity index (χ4v) is 1.17. The minimum atomic E-state index is -1.20. The van der Waals surface area contributed by atoms with Crippen LogP contribution in [0.4, 0.5) is 0 Å². The molecule has 0 aliphatic rings. The van der Waals surface area contributed by atoms with Crippen LogP contribution in [0.3, 0.4) is 0 Å². The van der Waals surface area contributed by atoms with Crippen molar-refractivity contribution in [1.29, 1.82) is 0 Å². The molecule has 1 rings (SSSR count). The average Bonchev–Trinajstić information content (AvgIpc) is 2.25. The lowest BCUT2D eigenvalue weighted by Gasteiger charge is -2.08. The van der Waals surface area contributed by atoms with Gasteiger partial charge in [0.05, 0.1) is 12.2 Å². The molecule has 0 atom stereocenters. The van der Waals surface area contributed by atoms with Crippen LogP contribution in [0.25, 0.3) is 0 Å². The van der Waals surface area contributed by atoms with E-state index in [4.69, 9.17) is 14.9 Å². The van der Waals surface area contributed by atoms with E-state index in [1.807, 2.05) is 6.92 Å². The topological polar surface area (TPSA) is 83.8 Å². The van der Waals surface area contributed by atoms with Gasteiger partial charge in [0.15, 0.2) is 0 Å². The second-order valence-corrected chi connectivity index (χ2v) is 3.17. The Kier molecular flexibility index (Phi) is 3.88. The SMILES string of the molecule is CCCOc1ccc(C(=O)O)cc1C(=O)O. The summed E-state index contributed by atoms with van der Waals surface area (Å²) >= 11 is 0. The molecule has 0 unspecified atom stereocenters. The minimum absolute atomic E-state index is 0.0683. The van der Waals surface area contributed by atoms with Gasteiger partial charge in [-0.2, -0.15) is 0 Å². The molecule has 86 valence electrons. The summed E-state index contributed by atoms with van der Waals surface area (Å²) in [6, 6.07) is 3.78. The maximum absolute atomic E-state index is 10.9. The zero-order valence-corrected chi connectivity index (χ0v) is 8.77. The van der Waals surface area contributed by atoms with E-state index in [1.54, 1.807) is 0 Å². The average molecular weight is 224 g/mol. The van der Waals surface area contributed by atoms with Crippen LogP contribution < -0.4 is 4.74 Å². The molecule has 0 amide bonds. The van der Waals surface area contributed by atoms with Crippen molar-refractivity contribution in [2.45, 2.75) is 13.3 Å². The summed E-state index contributed by atoms with van der Waals surface area (Å²) in [5, 5.41) is 17.6. The minimum Gasteiger partial charge on any atom is -0.493 e. The molecule has 0 saturated heterocycles. The third-order valence-electron chi connectivity index (χ3n) is 1.92. The normalized spacial score (nSPS) is 9.81. The van der Waals surface area contributed by atoms with Gasteiger partial charge in [-0.15, -0.1) is 0 Å². The highest BCUT2D eigenvalue weighted by atomic mass is 16.5. The Morgan fingerprint density at radius 1 is 1.25 bits per heavy atom. The molecule has 16 heavy (non-hydrogen) atoms. The Bertz CT molecular complexity index is 411. The van der Waals surface area contributed by atoms with Gasteiger partial charge < -0.3 is 14.9 Å². The molecule has 1 aromatic carbocycles. The molecule has 0 heterocycles. The maximum Gasteiger partial charge on any atom is 0.339 e. The van der Waals surface area contributed by atoms with Crippen molar-refractivity contribution < 1.29 is 24.5 Å². The van der Waals surface area contributed by atoms with E-state index in [0.29, 0.717) is 6.61 Å². The number of hydrogen-bond donors (Lipinski definition) is 2. The smallest absolute Gasteiger partial charge is 0.339 e. The van der Waals surface area contributed by atoms with Crippen molar-refractivity contribution in [3.05, 3.63) is 29.3 Å². The molecular weight excluding hydrogens is 212 g/mol. The van der Waals surface area contributed by atoms with Crippen molar-refractivity contribution in [2.24, 2.45) is 0 Å².